The minimum Gasteiger partial charge on any atom is -0.344 e. The van der Waals surface area contributed by atoms with E-state index in [0.717, 1.165) is 10.1 Å². The van der Waals surface area contributed by atoms with Crippen LogP contribution in [-0.2, 0) is 14.1 Å². The third kappa shape index (κ3) is 3.01. The number of hydrogen-bond acceptors (Lipinski definition) is 4. The number of nitrogens with one attached hydrogen (secondary N) is 1. The molecule has 2 aromatic heterocycles. The van der Waals surface area contributed by atoms with Gasteiger partial charge in [-0.05, 0) is 30.7 Å². The number of hydrogen-bond donors (Lipinski definition) is 1. The quantitative estimate of drug-likeness (QED) is 0.759. The molecule has 8 heteroatoms. The highest BCUT2D eigenvalue weighted by Gasteiger charge is 2.17. The lowest BCUT2D eigenvalue weighted by Gasteiger charge is -2.15. The van der Waals surface area contributed by atoms with E-state index in [-0.39, 0.29) is 22.8 Å². The molecule has 0 radical (unpaired) electrons. The summed E-state index contributed by atoms with van der Waals surface area (Å²) in [7, 11) is 2.90. The zero-order valence-corrected chi connectivity index (χ0v) is 15.2. The Kier molecular flexibility index (Phi) is 4.65. The van der Waals surface area contributed by atoms with Crippen molar-refractivity contribution in [2.24, 2.45) is 14.1 Å². The molecule has 2 heterocycles. The van der Waals surface area contributed by atoms with Crippen molar-refractivity contribution < 1.29 is 4.79 Å². The molecular weight excluding hydrogens is 356 g/mol. The maximum atomic E-state index is 12.5. The Morgan fingerprint density at radius 1 is 1.12 bits per heavy atom. The number of benzene rings is 1. The monoisotopic (exact) mass is 372 g/mol. The molecule has 0 saturated heterocycles. The molecule has 1 N–H and O–H groups in total. The number of aromatic nitrogens is 3. The number of amides is 1. The molecule has 3 rings (SSSR count). The van der Waals surface area contributed by atoms with Crippen molar-refractivity contribution in [2.45, 2.75) is 13.0 Å². The number of pyridine rings is 1. The number of rotatable bonds is 3. The topological polar surface area (TPSA) is 86.0 Å². The maximum Gasteiger partial charge on any atom is 0.332 e. The minimum absolute atomic E-state index is 0.111. The highest BCUT2D eigenvalue weighted by molar-refractivity contribution is 6.31. The molecule has 0 aliphatic heterocycles. The van der Waals surface area contributed by atoms with Crippen LogP contribution < -0.4 is 16.6 Å². The van der Waals surface area contributed by atoms with Crippen molar-refractivity contribution >= 4 is 28.5 Å². The first-order chi connectivity index (χ1) is 12.3. The van der Waals surface area contributed by atoms with Crippen LogP contribution in [-0.4, -0.2) is 20.0 Å². The second-order valence-corrected chi connectivity index (χ2v) is 6.40. The van der Waals surface area contributed by atoms with Gasteiger partial charge in [-0.25, -0.2) is 9.78 Å². The largest absolute Gasteiger partial charge is 0.344 e. The molecule has 0 fully saturated rings. The summed E-state index contributed by atoms with van der Waals surface area (Å²) in [5.74, 6) is -0.424. The average molecular weight is 373 g/mol. The van der Waals surface area contributed by atoms with Gasteiger partial charge < -0.3 is 5.32 Å². The standard InChI is InChI=1S/C18H17ClN4O3/c1-10(11-6-4-5-7-13(11)19)20-16(24)14-9-8-12-15(21-14)22(2)18(26)23(3)17(12)25/h4-10H,1-3H3,(H,20,24). The summed E-state index contributed by atoms with van der Waals surface area (Å²) in [5.41, 5.74) is 0.101. The highest BCUT2D eigenvalue weighted by Crippen LogP contribution is 2.22. The number of carbonyl (C=O) groups excluding carboxylic acids is 1. The number of carbonyl (C=O) groups is 1. The lowest BCUT2D eigenvalue weighted by molar-refractivity contribution is 0.0935. The molecule has 1 amide bonds. The number of fused-ring (bicyclic) bond motifs is 1. The first-order valence-electron chi connectivity index (χ1n) is 7.93. The number of halogens is 1. The number of nitrogens with zero attached hydrogens (tertiary/aromatic N) is 3. The molecule has 1 unspecified atom stereocenters. The van der Waals surface area contributed by atoms with Gasteiger partial charge in [0.15, 0.2) is 0 Å². The third-order valence-corrected chi connectivity index (χ3v) is 4.60. The van der Waals surface area contributed by atoms with Gasteiger partial charge in [-0.15, -0.1) is 0 Å². The smallest absolute Gasteiger partial charge is 0.332 e. The van der Waals surface area contributed by atoms with Gasteiger partial charge >= 0.3 is 5.69 Å². The van der Waals surface area contributed by atoms with Crippen molar-refractivity contribution in [2.75, 3.05) is 0 Å². The molecular formula is C18H17ClN4O3. The Hall–Kier alpha value is -2.93. The van der Waals surface area contributed by atoms with Crippen LogP contribution in [0.15, 0.2) is 46.0 Å². The van der Waals surface area contributed by atoms with Gasteiger partial charge in [-0.3, -0.25) is 18.7 Å². The SMILES string of the molecule is CC(NC(=O)c1ccc2c(=O)n(C)c(=O)n(C)c2n1)c1ccccc1Cl. The van der Waals surface area contributed by atoms with E-state index in [1.807, 2.05) is 25.1 Å². The molecule has 3 aromatic rings. The molecule has 0 saturated carbocycles. The predicted molar refractivity (Wildman–Crippen MR) is 99.6 cm³/mol. The zero-order valence-electron chi connectivity index (χ0n) is 14.5. The van der Waals surface area contributed by atoms with Gasteiger partial charge in [0.1, 0.15) is 11.3 Å². The Bertz CT molecular complexity index is 1130. The molecule has 0 aliphatic rings. The molecule has 0 bridgehead atoms. The second kappa shape index (κ2) is 6.76. The molecule has 0 aliphatic carbocycles. The van der Waals surface area contributed by atoms with Crippen LogP contribution in [0.3, 0.4) is 0 Å². The average Bonchev–Trinajstić information content (AvgIpc) is 2.64. The van der Waals surface area contributed by atoms with E-state index < -0.39 is 17.2 Å². The summed E-state index contributed by atoms with van der Waals surface area (Å²) < 4.78 is 2.24. The zero-order chi connectivity index (χ0) is 19.0. The summed E-state index contributed by atoms with van der Waals surface area (Å²) in [6, 6.07) is 9.85. The first kappa shape index (κ1) is 17.9. The van der Waals surface area contributed by atoms with Gasteiger partial charge in [0, 0.05) is 19.1 Å². The van der Waals surface area contributed by atoms with E-state index in [1.54, 1.807) is 6.07 Å². The fourth-order valence-electron chi connectivity index (χ4n) is 2.76. The summed E-state index contributed by atoms with van der Waals surface area (Å²) in [4.78, 5) is 41.0. The lowest BCUT2D eigenvalue weighted by Crippen LogP contribution is -2.37. The van der Waals surface area contributed by atoms with Gasteiger partial charge in [0.2, 0.25) is 0 Å². The lowest BCUT2D eigenvalue weighted by atomic mass is 10.1. The summed E-state index contributed by atoms with van der Waals surface area (Å²) in [6.45, 7) is 1.81. The fraction of sp³-hybridized carbons (Fsp3) is 0.222. The Morgan fingerprint density at radius 2 is 1.81 bits per heavy atom. The van der Waals surface area contributed by atoms with Gasteiger partial charge in [-0.1, -0.05) is 29.8 Å². The fourth-order valence-corrected chi connectivity index (χ4v) is 3.05. The Labute approximate surface area is 153 Å². The summed E-state index contributed by atoms with van der Waals surface area (Å²) in [6.07, 6.45) is 0. The molecule has 134 valence electrons. The van der Waals surface area contributed by atoms with E-state index in [9.17, 15) is 14.4 Å². The van der Waals surface area contributed by atoms with Crippen molar-refractivity contribution in [3.63, 3.8) is 0 Å². The van der Waals surface area contributed by atoms with Crippen LogP contribution in [0.5, 0.6) is 0 Å². The summed E-state index contributed by atoms with van der Waals surface area (Å²) in [5, 5.41) is 3.64. The van der Waals surface area contributed by atoms with Gasteiger partial charge in [0.05, 0.1) is 11.4 Å². The van der Waals surface area contributed by atoms with Crippen molar-refractivity contribution in [3.05, 3.63) is 73.5 Å². The van der Waals surface area contributed by atoms with Crippen molar-refractivity contribution in [1.82, 2.24) is 19.4 Å². The second-order valence-electron chi connectivity index (χ2n) is 5.99. The Morgan fingerprint density at radius 3 is 2.50 bits per heavy atom. The maximum absolute atomic E-state index is 12.5. The van der Waals surface area contributed by atoms with Gasteiger partial charge in [-0.2, -0.15) is 0 Å². The van der Waals surface area contributed by atoms with Crippen LogP contribution in [0.4, 0.5) is 0 Å². The normalized spacial score (nSPS) is 12.2. The minimum atomic E-state index is -0.503. The first-order valence-corrected chi connectivity index (χ1v) is 8.31. The highest BCUT2D eigenvalue weighted by atomic mass is 35.5. The molecule has 1 aromatic carbocycles. The van der Waals surface area contributed by atoms with E-state index in [0.29, 0.717) is 5.02 Å². The number of aryl methyl sites for hydroxylation is 1. The van der Waals surface area contributed by atoms with E-state index in [2.05, 4.69) is 10.3 Å². The molecule has 26 heavy (non-hydrogen) atoms. The van der Waals surface area contributed by atoms with Crippen LogP contribution in [0, 0.1) is 0 Å². The van der Waals surface area contributed by atoms with E-state index in [1.165, 1.54) is 30.8 Å². The van der Waals surface area contributed by atoms with Gasteiger partial charge in [0.25, 0.3) is 11.5 Å². The van der Waals surface area contributed by atoms with Crippen molar-refractivity contribution in [3.8, 4) is 0 Å². The van der Waals surface area contributed by atoms with E-state index >= 15 is 0 Å². The molecule has 1 atom stereocenters. The van der Waals surface area contributed by atoms with Crippen molar-refractivity contribution in [1.29, 1.82) is 0 Å². The third-order valence-electron chi connectivity index (χ3n) is 4.25. The Balaban J connectivity index is 1.98. The van der Waals surface area contributed by atoms with Crippen LogP contribution in [0.1, 0.15) is 29.0 Å². The van der Waals surface area contributed by atoms with Crippen LogP contribution in [0.25, 0.3) is 11.0 Å². The molecule has 0 spiro atoms. The molecule has 7 nitrogen and oxygen atoms in total. The van der Waals surface area contributed by atoms with Crippen LogP contribution in [0.2, 0.25) is 5.02 Å². The van der Waals surface area contributed by atoms with Crippen LogP contribution >= 0.6 is 11.6 Å². The van der Waals surface area contributed by atoms with E-state index in [4.69, 9.17) is 11.6 Å². The summed E-state index contributed by atoms with van der Waals surface area (Å²) >= 11 is 6.16. The predicted octanol–water partition coefficient (Wildman–Crippen LogP) is 1.78.